The lowest BCUT2D eigenvalue weighted by molar-refractivity contribution is -0.125. The van der Waals surface area contributed by atoms with Gasteiger partial charge in [0.2, 0.25) is 5.91 Å². The molecule has 1 aliphatic heterocycles. The van der Waals surface area contributed by atoms with Gasteiger partial charge >= 0.3 is 0 Å². The molecule has 2 unspecified atom stereocenters. The lowest BCUT2D eigenvalue weighted by Gasteiger charge is -2.28. The van der Waals surface area contributed by atoms with Crippen LogP contribution >= 0.6 is 12.4 Å². The minimum Gasteiger partial charge on any atom is -0.381 e. The van der Waals surface area contributed by atoms with Crippen LogP contribution in [0.15, 0.2) is 54.6 Å². The molecule has 2 aromatic carbocycles. The number of nitrogens with two attached hydrogens (primary N) is 1. The first-order chi connectivity index (χ1) is 12.1. The third kappa shape index (κ3) is 5.07. The van der Waals surface area contributed by atoms with Crippen molar-refractivity contribution in [2.24, 2.45) is 11.7 Å². The molecule has 2 aromatic rings. The zero-order chi connectivity index (χ0) is 17.6. The Morgan fingerprint density at radius 2 is 1.62 bits per heavy atom. The van der Waals surface area contributed by atoms with Crippen molar-refractivity contribution in [2.75, 3.05) is 13.2 Å². The number of carbonyl (C=O) groups excluding carboxylic acids is 1. The van der Waals surface area contributed by atoms with Crippen molar-refractivity contribution in [3.05, 3.63) is 60.2 Å². The van der Waals surface area contributed by atoms with Gasteiger partial charge in [-0.2, -0.15) is 0 Å². The van der Waals surface area contributed by atoms with E-state index in [0.717, 1.165) is 18.4 Å². The molecule has 3 rings (SSSR count). The number of hydrogen-bond donors (Lipinski definition) is 2. The van der Waals surface area contributed by atoms with E-state index in [1.165, 1.54) is 11.1 Å². The summed E-state index contributed by atoms with van der Waals surface area (Å²) < 4.78 is 5.34. The van der Waals surface area contributed by atoms with E-state index < -0.39 is 6.04 Å². The molecule has 5 heteroatoms. The van der Waals surface area contributed by atoms with Crippen molar-refractivity contribution in [1.82, 2.24) is 5.32 Å². The quantitative estimate of drug-likeness (QED) is 0.838. The SMILES string of the molecule is CC(NC(=O)C(N)C1CCOCC1)c1ccc(-c2ccccc2)cc1.Cl. The summed E-state index contributed by atoms with van der Waals surface area (Å²) in [5.41, 5.74) is 9.58. The molecule has 0 bridgehead atoms. The van der Waals surface area contributed by atoms with Gasteiger partial charge in [-0.25, -0.2) is 0 Å². The van der Waals surface area contributed by atoms with Crippen molar-refractivity contribution in [3.63, 3.8) is 0 Å². The van der Waals surface area contributed by atoms with Crippen LogP contribution in [0.25, 0.3) is 11.1 Å². The molecule has 0 aromatic heterocycles. The number of amides is 1. The summed E-state index contributed by atoms with van der Waals surface area (Å²) in [6, 6.07) is 18.0. The first kappa shape index (κ1) is 20.4. The second-order valence-corrected chi connectivity index (χ2v) is 6.69. The fraction of sp³-hybridized carbons (Fsp3) is 0.381. The molecule has 1 heterocycles. The van der Waals surface area contributed by atoms with Gasteiger partial charge in [-0.1, -0.05) is 54.6 Å². The van der Waals surface area contributed by atoms with Crippen LogP contribution in [0.3, 0.4) is 0 Å². The van der Waals surface area contributed by atoms with Crippen molar-refractivity contribution in [2.45, 2.75) is 31.8 Å². The van der Waals surface area contributed by atoms with E-state index in [1.807, 2.05) is 25.1 Å². The predicted octanol–water partition coefficient (Wildman–Crippen LogP) is 3.71. The number of halogens is 1. The summed E-state index contributed by atoms with van der Waals surface area (Å²) in [5.74, 6) is 0.132. The van der Waals surface area contributed by atoms with E-state index in [2.05, 4.69) is 41.7 Å². The topological polar surface area (TPSA) is 64.4 Å². The summed E-state index contributed by atoms with van der Waals surface area (Å²) in [4.78, 5) is 12.4. The molecule has 1 saturated heterocycles. The van der Waals surface area contributed by atoms with E-state index in [9.17, 15) is 4.79 Å². The highest BCUT2D eigenvalue weighted by Gasteiger charge is 2.27. The highest BCUT2D eigenvalue weighted by atomic mass is 35.5. The number of rotatable bonds is 5. The minimum absolute atomic E-state index is 0. The van der Waals surface area contributed by atoms with Gasteiger partial charge in [0, 0.05) is 13.2 Å². The van der Waals surface area contributed by atoms with Crippen LogP contribution in [0.4, 0.5) is 0 Å². The summed E-state index contributed by atoms with van der Waals surface area (Å²) in [5, 5.41) is 3.05. The van der Waals surface area contributed by atoms with E-state index in [4.69, 9.17) is 10.5 Å². The Labute approximate surface area is 161 Å². The lowest BCUT2D eigenvalue weighted by Crippen LogP contribution is -2.47. The Balaban J connectivity index is 0.00000243. The third-order valence-electron chi connectivity index (χ3n) is 4.95. The lowest BCUT2D eigenvalue weighted by atomic mass is 9.91. The maximum Gasteiger partial charge on any atom is 0.237 e. The largest absolute Gasteiger partial charge is 0.381 e. The highest BCUT2D eigenvalue weighted by Crippen LogP contribution is 2.22. The molecular weight excluding hydrogens is 348 g/mol. The first-order valence-corrected chi connectivity index (χ1v) is 8.94. The molecule has 140 valence electrons. The maximum atomic E-state index is 12.4. The zero-order valence-corrected chi connectivity index (χ0v) is 15.9. The first-order valence-electron chi connectivity index (χ1n) is 8.94. The van der Waals surface area contributed by atoms with Crippen LogP contribution in [0.5, 0.6) is 0 Å². The molecule has 0 saturated carbocycles. The van der Waals surface area contributed by atoms with E-state index in [-0.39, 0.29) is 30.3 Å². The minimum atomic E-state index is -0.463. The Bertz CT molecular complexity index is 685. The van der Waals surface area contributed by atoms with Crippen molar-refractivity contribution >= 4 is 18.3 Å². The second kappa shape index (κ2) is 9.72. The standard InChI is InChI=1S/C21H26N2O2.ClH/c1-15(23-21(24)20(22)19-11-13-25-14-12-19)16-7-9-18(10-8-16)17-5-3-2-4-6-17;/h2-10,15,19-20H,11-14,22H2,1H3,(H,23,24);1H. The summed E-state index contributed by atoms with van der Waals surface area (Å²) >= 11 is 0. The van der Waals surface area contributed by atoms with Gasteiger partial charge in [0.25, 0.3) is 0 Å². The fourth-order valence-electron chi connectivity index (χ4n) is 3.28. The fourth-order valence-corrected chi connectivity index (χ4v) is 3.28. The Morgan fingerprint density at radius 1 is 1.04 bits per heavy atom. The van der Waals surface area contributed by atoms with Crippen molar-refractivity contribution < 1.29 is 9.53 Å². The van der Waals surface area contributed by atoms with Crippen LogP contribution in [-0.4, -0.2) is 25.2 Å². The molecular formula is C21H27ClN2O2. The molecule has 2 atom stereocenters. The summed E-state index contributed by atoms with van der Waals surface area (Å²) in [7, 11) is 0. The Hall–Kier alpha value is -1.88. The van der Waals surface area contributed by atoms with Gasteiger partial charge < -0.3 is 15.8 Å². The Morgan fingerprint density at radius 3 is 2.23 bits per heavy atom. The third-order valence-corrected chi connectivity index (χ3v) is 4.95. The molecule has 0 spiro atoms. The molecule has 1 fully saturated rings. The molecule has 0 aliphatic carbocycles. The van der Waals surface area contributed by atoms with Crippen LogP contribution in [0.1, 0.15) is 31.4 Å². The molecule has 4 nitrogen and oxygen atoms in total. The smallest absolute Gasteiger partial charge is 0.237 e. The van der Waals surface area contributed by atoms with E-state index >= 15 is 0 Å². The average Bonchev–Trinajstić information content (AvgIpc) is 2.68. The zero-order valence-electron chi connectivity index (χ0n) is 15.1. The van der Waals surface area contributed by atoms with Crippen LogP contribution in [0.2, 0.25) is 0 Å². The van der Waals surface area contributed by atoms with Gasteiger partial charge in [-0.3, -0.25) is 4.79 Å². The van der Waals surface area contributed by atoms with Gasteiger partial charge in [-0.15, -0.1) is 12.4 Å². The monoisotopic (exact) mass is 374 g/mol. The number of hydrogen-bond acceptors (Lipinski definition) is 3. The van der Waals surface area contributed by atoms with Crippen LogP contribution < -0.4 is 11.1 Å². The maximum absolute atomic E-state index is 12.4. The molecule has 1 aliphatic rings. The van der Waals surface area contributed by atoms with Crippen LogP contribution in [0, 0.1) is 5.92 Å². The van der Waals surface area contributed by atoms with Crippen molar-refractivity contribution in [1.29, 1.82) is 0 Å². The van der Waals surface area contributed by atoms with Crippen LogP contribution in [-0.2, 0) is 9.53 Å². The van der Waals surface area contributed by atoms with E-state index in [0.29, 0.717) is 13.2 Å². The molecule has 3 N–H and O–H groups in total. The number of nitrogens with one attached hydrogen (secondary N) is 1. The van der Waals surface area contributed by atoms with Gasteiger partial charge in [0.1, 0.15) is 0 Å². The van der Waals surface area contributed by atoms with Gasteiger partial charge in [0.15, 0.2) is 0 Å². The normalized spacial score (nSPS) is 17.0. The summed E-state index contributed by atoms with van der Waals surface area (Å²) in [6.07, 6.45) is 1.71. The number of ether oxygens (including phenoxy) is 1. The average molecular weight is 375 g/mol. The summed E-state index contributed by atoms with van der Waals surface area (Å²) in [6.45, 7) is 3.39. The number of benzene rings is 2. The second-order valence-electron chi connectivity index (χ2n) is 6.69. The molecule has 1 amide bonds. The predicted molar refractivity (Wildman–Crippen MR) is 107 cm³/mol. The van der Waals surface area contributed by atoms with Gasteiger partial charge in [0.05, 0.1) is 12.1 Å². The number of carbonyl (C=O) groups is 1. The van der Waals surface area contributed by atoms with E-state index in [1.54, 1.807) is 0 Å². The molecule has 0 radical (unpaired) electrons. The van der Waals surface area contributed by atoms with Gasteiger partial charge in [-0.05, 0) is 42.4 Å². The Kier molecular flexibility index (Phi) is 7.64. The van der Waals surface area contributed by atoms with Crippen molar-refractivity contribution in [3.8, 4) is 11.1 Å². The highest BCUT2D eigenvalue weighted by molar-refractivity contribution is 5.85. The molecule has 26 heavy (non-hydrogen) atoms.